The number of benzene rings is 1. The molecule has 0 saturated heterocycles. The number of rotatable bonds is 4. The van der Waals surface area contributed by atoms with Crippen LogP contribution in [0.15, 0.2) is 29.6 Å². The molecule has 0 bridgehead atoms. The molecule has 3 heterocycles. The van der Waals surface area contributed by atoms with Gasteiger partial charge in [-0.1, -0.05) is 6.07 Å². The molecule has 2 aliphatic rings. The number of nitrogens with one attached hydrogen (secondary N) is 1. The highest BCUT2D eigenvalue weighted by atomic mass is 32.1. The number of thiophene rings is 1. The van der Waals surface area contributed by atoms with Gasteiger partial charge < -0.3 is 14.8 Å². The molecule has 1 N–H and O–H groups in total. The van der Waals surface area contributed by atoms with Gasteiger partial charge >= 0.3 is 0 Å². The predicted octanol–water partition coefficient (Wildman–Crippen LogP) is 2.54. The van der Waals surface area contributed by atoms with Crippen LogP contribution in [-0.4, -0.2) is 30.2 Å². The summed E-state index contributed by atoms with van der Waals surface area (Å²) in [6.45, 7) is 4.54. The number of nitrogens with zero attached hydrogens (tertiary/aromatic N) is 1. The maximum Gasteiger partial charge on any atom is 0.237 e. The summed E-state index contributed by atoms with van der Waals surface area (Å²) in [6.07, 6.45) is 1.03. The van der Waals surface area contributed by atoms with Crippen LogP contribution in [0, 0.1) is 0 Å². The normalized spacial score (nSPS) is 17.4. The first kappa shape index (κ1) is 15.5. The lowest BCUT2D eigenvalue weighted by molar-refractivity contribution is -0.126. The molecular weight excluding hydrogens is 324 g/mol. The monoisotopic (exact) mass is 344 g/mol. The Morgan fingerprint density at radius 3 is 3.12 bits per heavy atom. The summed E-state index contributed by atoms with van der Waals surface area (Å²) in [5.74, 6) is 1.57. The fraction of sp³-hybridized carbons (Fsp3) is 0.389. The smallest absolute Gasteiger partial charge is 0.237 e. The lowest BCUT2D eigenvalue weighted by Crippen LogP contribution is -2.46. The van der Waals surface area contributed by atoms with Crippen molar-refractivity contribution >= 4 is 17.2 Å². The second-order valence-electron chi connectivity index (χ2n) is 6.17. The van der Waals surface area contributed by atoms with Gasteiger partial charge in [0.05, 0.1) is 6.04 Å². The van der Waals surface area contributed by atoms with Crippen LogP contribution in [0.25, 0.3) is 0 Å². The molecule has 0 radical (unpaired) electrons. The molecule has 2 aliphatic heterocycles. The molecule has 0 fully saturated rings. The van der Waals surface area contributed by atoms with Crippen molar-refractivity contribution in [3.8, 4) is 11.5 Å². The maximum atomic E-state index is 12.5. The molecule has 2 aromatic rings. The van der Waals surface area contributed by atoms with Gasteiger partial charge in [0.2, 0.25) is 12.7 Å². The number of hydrogen-bond acceptors (Lipinski definition) is 5. The van der Waals surface area contributed by atoms with Crippen molar-refractivity contribution < 1.29 is 14.3 Å². The molecule has 1 atom stereocenters. The fourth-order valence-corrected chi connectivity index (χ4v) is 4.04. The number of ether oxygens (including phenoxy) is 2. The van der Waals surface area contributed by atoms with Crippen LogP contribution in [0.5, 0.6) is 11.5 Å². The molecule has 0 spiro atoms. The van der Waals surface area contributed by atoms with Gasteiger partial charge in [-0.2, -0.15) is 0 Å². The molecular formula is C18H20N2O3S. The van der Waals surface area contributed by atoms with Crippen molar-refractivity contribution in [2.45, 2.75) is 32.5 Å². The Morgan fingerprint density at radius 2 is 2.21 bits per heavy atom. The van der Waals surface area contributed by atoms with E-state index >= 15 is 0 Å². The van der Waals surface area contributed by atoms with E-state index in [1.54, 1.807) is 0 Å². The van der Waals surface area contributed by atoms with E-state index in [-0.39, 0.29) is 18.7 Å². The molecule has 1 amide bonds. The molecule has 126 valence electrons. The van der Waals surface area contributed by atoms with Gasteiger partial charge in [-0.05, 0) is 48.1 Å². The minimum Gasteiger partial charge on any atom is -0.454 e. The zero-order valence-corrected chi connectivity index (χ0v) is 14.4. The summed E-state index contributed by atoms with van der Waals surface area (Å²) in [4.78, 5) is 16.2. The minimum absolute atomic E-state index is 0.0614. The SMILES string of the molecule is C[C@@H](C(=O)NCc1ccc2c(c1)OCO2)N1CCc2sccc2C1. The van der Waals surface area contributed by atoms with Crippen LogP contribution in [-0.2, 0) is 24.3 Å². The van der Waals surface area contributed by atoms with Gasteiger partial charge in [0, 0.05) is 24.5 Å². The summed E-state index contributed by atoms with van der Waals surface area (Å²) in [5, 5.41) is 5.17. The Labute approximate surface area is 145 Å². The van der Waals surface area contributed by atoms with Gasteiger partial charge in [0.1, 0.15) is 0 Å². The van der Waals surface area contributed by atoms with Crippen molar-refractivity contribution in [3.63, 3.8) is 0 Å². The third-order valence-corrected chi connectivity index (χ3v) is 5.69. The molecule has 6 heteroatoms. The number of carbonyl (C=O) groups excluding carboxylic acids is 1. The second kappa shape index (κ2) is 6.45. The Hall–Kier alpha value is -2.05. The van der Waals surface area contributed by atoms with Crippen LogP contribution in [0.1, 0.15) is 22.9 Å². The van der Waals surface area contributed by atoms with E-state index in [0.717, 1.165) is 36.6 Å². The van der Waals surface area contributed by atoms with Crippen molar-refractivity contribution in [1.82, 2.24) is 10.2 Å². The highest BCUT2D eigenvalue weighted by Gasteiger charge is 2.25. The van der Waals surface area contributed by atoms with Crippen LogP contribution in [0.2, 0.25) is 0 Å². The van der Waals surface area contributed by atoms with Gasteiger partial charge in [-0.3, -0.25) is 9.69 Å². The quantitative estimate of drug-likeness (QED) is 0.926. The number of carbonyl (C=O) groups is 1. The molecule has 4 rings (SSSR count). The van der Waals surface area contributed by atoms with Crippen LogP contribution < -0.4 is 14.8 Å². The highest BCUT2D eigenvalue weighted by Crippen LogP contribution is 2.32. The first-order chi connectivity index (χ1) is 11.7. The van der Waals surface area contributed by atoms with Gasteiger partial charge in [0.25, 0.3) is 0 Å². The van der Waals surface area contributed by atoms with E-state index in [1.807, 2.05) is 36.5 Å². The standard InChI is InChI=1S/C18H20N2O3S/c1-12(20-6-4-17-14(10-20)5-7-24-17)18(21)19-9-13-2-3-15-16(8-13)23-11-22-15/h2-3,5,7-8,12H,4,6,9-11H2,1H3,(H,19,21)/t12-/m0/s1. The first-order valence-corrected chi connectivity index (χ1v) is 9.04. The summed E-state index contributed by atoms with van der Waals surface area (Å²) in [6, 6.07) is 7.80. The largest absolute Gasteiger partial charge is 0.454 e. The summed E-state index contributed by atoms with van der Waals surface area (Å²) < 4.78 is 10.7. The average molecular weight is 344 g/mol. The Balaban J connectivity index is 1.34. The van der Waals surface area contributed by atoms with Crippen molar-refractivity contribution in [2.75, 3.05) is 13.3 Å². The van der Waals surface area contributed by atoms with Crippen molar-refractivity contribution in [1.29, 1.82) is 0 Å². The molecule has 0 aliphatic carbocycles. The average Bonchev–Trinajstić information content (AvgIpc) is 3.26. The Morgan fingerprint density at radius 1 is 1.33 bits per heavy atom. The maximum absolute atomic E-state index is 12.5. The minimum atomic E-state index is -0.132. The Bertz CT molecular complexity index is 758. The molecule has 1 aromatic carbocycles. The third kappa shape index (κ3) is 2.99. The number of amides is 1. The molecule has 5 nitrogen and oxygen atoms in total. The fourth-order valence-electron chi connectivity index (χ4n) is 3.15. The van der Waals surface area contributed by atoms with E-state index in [0.29, 0.717) is 6.54 Å². The predicted molar refractivity (Wildman–Crippen MR) is 92.3 cm³/mol. The van der Waals surface area contributed by atoms with Crippen molar-refractivity contribution in [3.05, 3.63) is 45.6 Å². The van der Waals surface area contributed by atoms with Crippen LogP contribution in [0.3, 0.4) is 0 Å². The van der Waals surface area contributed by atoms with Gasteiger partial charge in [-0.15, -0.1) is 11.3 Å². The highest BCUT2D eigenvalue weighted by molar-refractivity contribution is 7.10. The van der Waals surface area contributed by atoms with Crippen molar-refractivity contribution in [2.24, 2.45) is 0 Å². The first-order valence-electron chi connectivity index (χ1n) is 8.16. The lowest BCUT2D eigenvalue weighted by atomic mass is 10.1. The molecule has 0 unspecified atom stereocenters. The molecule has 24 heavy (non-hydrogen) atoms. The van der Waals surface area contributed by atoms with Crippen LogP contribution >= 0.6 is 11.3 Å². The van der Waals surface area contributed by atoms with E-state index in [9.17, 15) is 4.79 Å². The van der Waals surface area contributed by atoms with Crippen LogP contribution in [0.4, 0.5) is 0 Å². The zero-order chi connectivity index (χ0) is 16.5. The topological polar surface area (TPSA) is 50.8 Å². The van der Waals surface area contributed by atoms with Gasteiger partial charge in [0.15, 0.2) is 11.5 Å². The van der Waals surface area contributed by atoms with E-state index in [4.69, 9.17) is 9.47 Å². The van der Waals surface area contributed by atoms with E-state index in [1.165, 1.54) is 10.4 Å². The lowest BCUT2D eigenvalue weighted by Gasteiger charge is -2.31. The van der Waals surface area contributed by atoms with Gasteiger partial charge in [-0.25, -0.2) is 0 Å². The van der Waals surface area contributed by atoms with E-state index < -0.39 is 0 Å². The second-order valence-corrected chi connectivity index (χ2v) is 7.17. The summed E-state index contributed by atoms with van der Waals surface area (Å²) in [7, 11) is 0. The number of fused-ring (bicyclic) bond motifs is 2. The number of hydrogen-bond donors (Lipinski definition) is 1. The molecule has 0 saturated carbocycles. The third-order valence-electron chi connectivity index (χ3n) is 4.67. The summed E-state index contributed by atoms with van der Waals surface area (Å²) >= 11 is 1.82. The zero-order valence-electron chi connectivity index (χ0n) is 13.6. The summed E-state index contributed by atoms with van der Waals surface area (Å²) in [5.41, 5.74) is 2.38. The Kier molecular flexibility index (Phi) is 4.16. The van der Waals surface area contributed by atoms with E-state index in [2.05, 4.69) is 21.7 Å². The molecule has 1 aromatic heterocycles.